The first-order valence-corrected chi connectivity index (χ1v) is 9.28. The molecule has 5 aromatic rings. The molecule has 0 spiro atoms. The highest BCUT2D eigenvalue weighted by Gasteiger charge is 2.15. The summed E-state index contributed by atoms with van der Waals surface area (Å²) in [5, 5.41) is 21.0. The van der Waals surface area contributed by atoms with Crippen molar-refractivity contribution >= 4 is 16.3 Å². The number of ether oxygens (including phenoxy) is 1. The van der Waals surface area contributed by atoms with Gasteiger partial charge in [-0.1, -0.05) is 41.7 Å². The van der Waals surface area contributed by atoms with E-state index in [0.717, 1.165) is 22.0 Å². The van der Waals surface area contributed by atoms with Gasteiger partial charge in [0.05, 0.1) is 11.4 Å². The number of benzene rings is 2. The minimum atomic E-state index is -0.309. The summed E-state index contributed by atoms with van der Waals surface area (Å²) in [4.78, 5) is 0.656. The zero-order valence-electron chi connectivity index (χ0n) is 14.4. The van der Waals surface area contributed by atoms with E-state index in [0.29, 0.717) is 16.5 Å². The number of nitrogens with zero attached hydrogens (tertiary/aromatic N) is 5. The van der Waals surface area contributed by atoms with Gasteiger partial charge in [0.25, 0.3) is 0 Å². The van der Waals surface area contributed by atoms with E-state index in [1.165, 1.54) is 23.5 Å². The van der Waals surface area contributed by atoms with Crippen molar-refractivity contribution in [3.8, 4) is 27.7 Å². The second-order valence-corrected chi connectivity index (χ2v) is 6.95. The molecule has 3 aromatic heterocycles. The Hall–Kier alpha value is -3.59. The van der Waals surface area contributed by atoms with Crippen molar-refractivity contribution in [2.24, 2.45) is 0 Å². The summed E-state index contributed by atoms with van der Waals surface area (Å²) in [6.07, 6.45) is 0. The van der Waals surface area contributed by atoms with Gasteiger partial charge >= 0.3 is 0 Å². The Morgan fingerprint density at radius 1 is 1.04 bits per heavy atom. The van der Waals surface area contributed by atoms with Gasteiger partial charge in [0.1, 0.15) is 18.2 Å². The maximum Gasteiger partial charge on any atom is 0.235 e. The molecule has 0 radical (unpaired) electrons. The van der Waals surface area contributed by atoms with Crippen molar-refractivity contribution in [1.82, 2.24) is 30.0 Å². The number of fused-ring (bicyclic) bond motifs is 1. The van der Waals surface area contributed by atoms with Crippen molar-refractivity contribution in [3.63, 3.8) is 0 Å². The van der Waals surface area contributed by atoms with Gasteiger partial charge < -0.3 is 4.74 Å². The van der Waals surface area contributed by atoms with Gasteiger partial charge in [-0.05, 0) is 30.3 Å². The van der Waals surface area contributed by atoms with E-state index >= 15 is 0 Å². The van der Waals surface area contributed by atoms with Crippen LogP contribution in [-0.2, 0) is 6.61 Å². The van der Waals surface area contributed by atoms with Crippen LogP contribution in [0.15, 0.2) is 60.7 Å². The second-order valence-electron chi connectivity index (χ2n) is 5.99. The Morgan fingerprint density at radius 2 is 1.86 bits per heavy atom. The number of nitrogens with one attached hydrogen (secondary N) is 1. The van der Waals surface area contributed by atoms with E-state index in [2.05, 4.69) is 25.5 Å². The van der Waals surface area contributed by atoms with Gasteiger partial charge in [0.2, 0.25) is 4.96 Å². The van der Waals surface area contributed by atoms with Gasteiger partial charge in [-0.15, -0.1) is 10.2 Å². The van der Waals surface area contributed by atoms with Crippen LogP contribution in [0.1, 0.15) is 5.82 Å². The maximum absolute atomic E-state index is 13.0. The van der Waals surface area contributed by atoms with E-state index < -0.39 is 0 Å². The Bertz CT molecular complexity index is 1230. The van der Waals surface area contributed by atoms with Crippen molar-refractivity contribution in [2.75, 3.05) is 0 Å². The van der Waals surface area contributed by atoms with Crippen LogP contribution in [0.5, 0.6) is 5.75 Å². The Morgan fingerprint density at radius 3 is 2.68 bits per heavy atom. The number of H-pyrrole nitrogens is 1. The number of hydrogen-bond donors (Lipinski definition) is 1. The molecule has 0 fully saturated rings. The summed E-state index contributed by atoms with van der Waals surface area (Å²) < 4.78 is 20.3. The molecule has 2 aromatic carbocycles. The third-order valence-electron chi connectivity index (χ3n) is 4.11. The maximum atomic E-state index is 13.0. The molecule has 0 saturated heterocycles. The number of halogens is 1. The molecule has 0 atom stereocenters. The normalized spacial score (nSPS) is 11.2. The van der Waals surface area contributed by atoms with Crippen molar-refractivity contribution < 1.29 is 9.13 Å². The van der Waals surface area contributed by atoms with Gasteiger partial charge in [0.15, 0.2) is 10.8 Å². The number of aromatic nitrogens is 6. The molecule has 0 amide bonds. The molecule has 0 unspecified atom stereocenters. The topological polar surface area (TPSA) is 81.0 Å². The monoisotopic (exact) mass is 392 g/mol. The van der Waals surface area contributed by atoms with Crippen LogP contribution in [0.2, 0.25) is 0 Å². The fraction of sp³-hybridized carbons (Fsp3) is 0.0526. The van der Waals surface area contributed by atoms with E-state index in [1.54, 1.807) is 16.6 Å². The molecule has 0 saturated carbocycles. The highest BCUT2D eigenvalue weighted by Crippen LogP contribution is 2.27. The highest BCUT2D eigenvalue weighted by molar-refractivity contribution is 7.19. The lowest BCUT2D eigenvalue weighted by Crippen LogP contribution is -2.02. The lowest BCUT2D eigenvalue weighted by atomic mass is 10.1. The van der Waals surface area contributed by atoms with Gasteiger partial charge in [-0.2, -0.15) is 14.7 Å². The minimum absolute atomic E-state index is 0.175. The average molecular weight is 392 g/mol. The SMILES string of the molecule is Fc1ccc(OCc2nnc3sc(-c4cc(-c5ccccc5)n[nH]4)nn23)cc1. The van der Waals surface area contributed by atoms with E-state index in [1.807, 2.05) is 36.4 Å². The van der Waals surface area contributed by atoms with Gasteiger partial charge in [-0.25, -0.2) is 4.39 Å². The van der Waals surface area contributed by atoms with E-state index in [9.17, 15) is 4.39 Å². The van der Waals surface area contributed by atoms with Crippen LogP contribution in [0.25, 0.3) is 26.9 Å². The summed E-state index contributed by atoms with van der Waals surface area (Å²) in [6.45, 7) is 0.175. The van der Waals surface area contributed by atoms with Crippen molar-refractivity contribution in [1.29, 1.82) is 0 Å². The molecular weight excluding hydrogens is 379 g/mol. The molecule has 3 heterocycles. The fourth-order valence-electron chi connectivity index (χ4n) is 2.72. The predicted molar refractivity (Wildman–Crippen MR) is 102 cm³/mol. The number of aromatic amines is 1. The molecule has 0 aliphatic rings. The summed E-state index contributed by atoms with van der Waals surface area (Å²) in [7, 11) is 0. The Kier molecular flexibility index (Phi) is 4.06. The zero-order valence-corrected chi connectivity index (χ0v) is 15.2. The van der Waals surface area contributed by atoms with Crippen LogP contribution in [0.3, 0.4) is 0 Å². The summed E-state index contributed by atoms with van der Waals surface area (Å²) in [5.41, 5.74) is 2.68. The van der Waals surface area contributed by atoms with Crippen LogP contribution in [-0.4, -0.2) is 30.0 Å². The molecule has 0 aliphatic heterocycles. The Balaban J connectivity index is 1.39. The molecule has 1 N–H and O–H groups in total. The van der Waals surface area contributed by atoms with Gasteiger partial charge in [-0.3, -0.25) is 5.10 Å². The average Bonchev–Trinajstić information content (AvgIpc) is 3.44. The van der Waals surface area contributed by atoms with Crippen molar-refractivity contribution in [2.45, 2.75) is 6.61 Å². The van der Waals surface area contributed by atoms with Crippen LogP contribution >= 0.6 is 11.3 Å². The first-order chi connectivity index (χ1) is 13.8. The molecule has 138 valence electrons. The van der Waals surface area contributed by atoms with Crippen LogP contribution in [0, 0.1) is 5.82 Å². The molecular formula is C19H13FN6OS. The number of rotatable bonds is 5. The quantitative estimate of drug-likeness (QED) is 0.490. The van der Waals surface area contributed by atoms with Crippen molar-refractivity contribution in [3.05, 3.63) is 72.3 Å². The summed E-state index contributed by atoms with van der Waals surface area (Å²) >= 11 is 1.41. The molecule has 28 heavy (non-hydrogen) atoms. The first-order valence-electron chi connectivity index (χ1n) is 8.47. The first kappa shape index (κ1) is 16.6. The lowest BCUT2D eigenvalue weighted by Gasteiger charge is -2.03. The van der Waals surface area contributed by atoms with Crippen LogP contribution in [0.4, 0.5) is 4.39 Å². The molecule has 9 heteroatoms. The largest absolute Gasteiger partial charge is 0.486 e. The summed E-state index contributed by atoms with van der Waals surface area (Å²) in [5.74, 6) is 0.801. The third-order valence-corrected chi connectivity index (χ3v) is 5.05. The lowest BCUT2D eigenvalue weighted by molar-refractivity contribution is 0.292. The molecule has 0 bridgehead atoms. The second kappa shape index (κ2) is 6.86. The third kappa shape index (κ3) is 3.12. The summed E-state index contributed by atoms with van der Waals surface area (Å²) in [6, 6.07) is 17.7. The molecule has 7 nitrogen and oxygen atoms in total. The highest BCUT2D eigenvalue weighted by atomic mass is 32.1. The Labute approximate surface area is 162 Å². The van der Waals surface area contributed by atoms with E-state index in [-0.39, 0.29) is 12.4 Å². The van der Waals surface area contributed by atoms with Gasteiger partial charge in [0, 0.05) is 5.56 Å². The van der Waals surface area contributed by atoms with E-state index in [4.69, 9.17) is 4.74 Å². The predicted octanol–water partition coefficient (Wildman–Crippen LogP) is 3.96. The zero-order chi connectivity index (χ0) is 18.9. The smallest absolute Gasteiger partial charge is 0.235 e. The minimum Gasteiger partial charge on any atom is -0.486 e. The molecule has 0 aliphatic carbocycles. The standard InChI is InChI=1S/C19H13FN6OS/c20-13-6-8-14(9-7-13)27-11-17-23-24-19-26(17)25-18(28-19)16-10-15(21-22-16)12-4-2-1-3-5-12/h1-10H,11H2,(H,21,22). The van der Waals surface area contributed by atoms with Crippen LogP contribution < -0.4 is 4.74 Å². The number of hydrogen-bond acceptors (Lipinski definition) is 6. The fourth-order valence-corrected chi connectivity index (χ4v) is 3.55. The molecule has 5 rings (SSSR count).